The fourth-order valence-corrected chi connectivity index (χ4v) is 5.92. The Hall–Kier alpha value is -2.62. The highest BCUT2D eigenvalue weighted by molar-refractivity contribution is 5.19. The average Bonchev–Trinajstić information content (AvgIpc) is 3.33. The lowest BCUT2D eigenvalue weighted by Gasteiger charge is -2.54. The van der Waals surface area contributed by atoms with E-state index in [1.54, 1.807) is 0 Å². The molecule has 0 amide bonds. The Morgan fingerprint density at radius 3 is 2.56 bits per heavy atom. The lowest BCUT2D eigenvalue weighted by atomic mass is 9.85. The standard InChI is InChI=1S/C25H35N9/c1-30-14-11-26-23(30)18-31-19-25(20-31,33-13-6-12-32(15-16-33)22-9-5-10-22)24-27-28-29-34(24)17-21-7-3-2-4-8-21/h2-4,7-8,11,14,22H,5-6,9-10,12-13,15-20H2,1H3. The molecule has 180 valence electrons. The Morgan fingerprint density at radius 1 is 0.971 bits per heavy atom. The van der Waals surface area contributed by atoms with Gasteiger partial charge >= 0.3 is 0 Å². The summed E-state index contributed by atoms with van der Waals surface area (Å²) in [6.45, 7) is 7.94. The lowest BCUT2D eigenvalue weighted by Crippen LogP contribution is -2.68. The maximum Gasteiger partial charge on any atom is 0.174 e. The van der Waals surface area contributed by atoms with Crippen LogP contribution in [-0.2, 0) is 25.7 Å². The summed E-state index contributed by atoms with van der Waals surface area (Å²) in [5.74, 6) is 2.11. The molecule has 0 radical (unpaired) electrons. The van der Waals surface area contributed by atoms with E-state index in [-0.39, 0.29) is 5.54 Å². The van der Waals surface area contributed by atoms with Crippen LogP contribution in [0.15, 0.2) is 42.7 Å². The predicted octanol–water partition coefficient (Wildman–Crippen LogP) is 1.73. The molecule has 0 spiro atoms. The molecule has 1 saturated carbocycles. The van der Waals surface area contributed by atoms with Crippen molar-refractivity contribution in [3.05, 3.63) is 59.9 Å². The quantitative estimate of drug-likeness (QED) is 0.531. The van der Waals surface area contributed by atoms with E-state index in [1.165, 1.54) is 37.8 Å². The van der Waals surface area contributed by atoms with E-state index < -0.39 is 0 Å². The van der Waals surface area contributed by atoms with Gasteiger partial charge in [0.15, 0.2) is 5.82 Å². The zero-order chi connectivity index (χ0) is 23.0. The van der Waals surface area contributed by atoms with Crippen molar-refractivity contribution in [3.63, 3.8) is 0 Å². The van der Waals surface area contributed by atoms with Gasteiger partial charge in [-0.15, -0.1) is 5.10 Å². The van der Waals surface area contributed by atoms with Gasteiger partial charge in [-0.2, -0.15) is 0 Å². The summed E-state index contributed by atoms with van der Waals surface area (Å²) in [6, 6.07) is 11.3. The van der Waals surface area contributed by atoms with Crippen molar-refractivity contribution >= 4 is 0 Å². The molecule has 1 aromatic carbocycles. The van der Waals surface area contributed by atoms with Crippen LogP contribution in [0.1, 0.15) is 42.9 Å². The topological polar surface area (TPSA) is 71.1 Å². The average molecular weight is 462 g/mol. The van der Waals surface area contributed by atoms with Crippen molar-refractivity contribution in [2.45, 2.75) is 50.4 Å². The van der Waals surface area contributed by atoms with E-state index in [0.717, 1.165) is 57.0 Å². The van der Waals surface area contributed by atoms with E-state index in [0.29, 0.717) is 6.54 Å². The Labute approximate surface area is 201 Å². The van der Waals surface area contributed by atoms with Crippen LogP contribution in [0.2, 0.25) is 0 Å². The van der Waals surface area contributed by atoms with Gasteiger partial charge in [0.1, 0.15) is 11.4 Å². The van der Waals surface area contributed by atoms with E-state index >= 15 is 0 Å². The number of likely N-dealkylation sites (tertiary alicyclic amines) is 1. The molecule has 0 bridgehead atoms. The largest absolute Gasteiger partial charge is 0.337 e. The van der Waals surface area contributed by atoms with Crippen molar-refractivity contribution < 1.29 is 0 Å². The second-order valence-electron chi connectivity index (χ2n) is 10.2. The molecule has 2 aliphatic heterocycles. The van der Waals surface area contributed by atoms with Gasteiger partial charge in [0.05, 0.1) is 13.1 Å². The Bertz CT molecular complexity index is 1080. The first-order valence-corrected chi connectivity index (χ1v) is 12.7. The predicted molar refractivity (Wildman–Crippen MR) is 129 cm³/mol. The summed E-state index contributed by atoms with van der Waals surface area (Å²) in [4.78, 5) is 12.5. The maximum atomic E-state index is 4.64. The van der Waals surface area contributed by atoms with Crippen LogP contribution in [0.3, 0.4) is 0 Å². The highest BCUT2D eigenvalue weighted by atomic mass is 15.6. The van der Waals surface area contributed by atoms with Gasteiger partial charge in [-0.05, 0) is 41.8 Å². The second-order valence-corrected chi connectivity index (χ2v) is 10.2. The van der Waals surface area contributed by atoms with Gasteiger partial charge in [-0.3, -0.25) is 14.7 Å². The van der Waals surface area contributed by atoms with Crippen molar-refractivity contribution in [1.29, 1.82) is 0 Å². The highest BCUT2D eigenvalue weighted by Gasteiger charge is 2.53. The normalized spacial score (nSPS) is 22.3. The van der Waals surface area contributed by atoms with Gasteiger partial charge in [-0.25, -0.2) is 9.67 Å². The molecule has 4 heterocycles. The molecule has 1 aliphatic carbocycles. The van der Waals surface area contributed by atoms with Crippen LogP contribution >= 0.6 is 0 Å². The molecular formula is C25H35N9. The number of rotatable bonds is 7. The van der Waals surface area contributed by atoms with Crippen LogP contribution in [0, 0.1) is 0 Å². The first kappa shape index (κ1) is 21.9. The minimum Gasteiger partial charge on any atom is -0.337 e. The molecule has 0 N–H and O–H groups in total. The smallest absolute Gasteiger partial charge is 0.174 e. The molecular weight excluding hydrogens is 426 g/mol. The van der Waals surface area contributed by atoms with Crippen LogP contribution in [0.4, 0.5) is 0 Å². The molecule has 9 heteroatoms. The van der Waals surface area contributed by atoms with Crippen molar-refractivity contribution in [2.24, 2.45) is 7.05 Å². The Kier molecular flexibility index (Phi) is 5.92. The van der Waals surface area contributed by atoms with E-state index in [2.05, 4.69) is 77.2 Å². The molecule has 0 atom stereocenters. The number of nitrogens with zero attached hydrogens (tertiary/aromatic N) is 9. The molecule has 34 heavy (non-hydrogen) atoms. The maximum absolute atomic E-state index is 4.64. The molecule has 2 saturated heterocycles. The van der Waals surface area contributed by atoms with Crippen molar-refractivity contribution in [3.8, 4) is 0 Å². The number of hydrogen-bond donors (Lipinski definition) is 0. The van der Waals surface area contributed by atoms with Crippen LogP contribution < -0.4 is 0 Å². The number of hydrogen-bond acceptors (Lipinski definition) is 7. The number of benzene rings is 1. The zero-order valence-electron chi connectivity index (χ0n) is 20.1. The lowest BCUT2D eigenvalue weighted by molar-refractivity contribution is -0.0729. The van der Waals surface area contributed by atoms with E-state index in [1.807, 2.05) is 17.1 Å². The van der Waals surface area contributed by atoms with Crippen molar-refractivity contribution in [1.82, 2.24) is 44.5 Å². The molecule has 6 rings (SSSR count). The number of aromatic nitrogens is 6. The Balaban J connectivity index is 1.25. The summed E-state index contributed by atoms with van der Waals surface area (Å²) >= 11 is 0. The van der Waals surface area contributed by atoms with Gasteiger partial charge in [0, 0.05) is 58.2 Å². The third-order valence-corrected chi connectivity index (χ3v) is 8.11. The van der Waals surface area contributed by atoms with Crippen LogP contribution in [-0.4, -0.2) is 89.8 Å². The van der Waals surface area contributed by atoms with Gasteiger partial charge in [0.25, 0.3) is 0 Å². The molecule has 9 nitrogen and oxygen atoms in total. The molecule has 3 fully saturated rings. The summed E-state index contributed by atoms with van der Waals surface area (Å²) in [5.41, 5.74) is 1.07. The third-order valence-electron chi connectivity index (χ3n) is 8.11. The SMILES string of the molecule is Cn1ccnc1CN1CC(c2nnnn2Cc2ccccc2)(N2CCCN(C3CCC3)CC2)C1. The number of imidazole rings is 1. The van der Waals surface area contributed by atoms with E-state index in [9.17, 15) is 0 Å². The third kappa shape index (κ3) is 4.06. The molecule has 0 unspecified atom stereocenters. The van der Waals surface area contributed by atoms with Gasteiger partial charge in [-0.1, -0.05) is 36.8 Å². The minimum atomic E-state index is -0.154. The summed E-state index contributed by atoms with van der Waals surface area (Å²) in [5, 5.41) is 13.2. The van der Waals surface area contributed by atoms with Crippen LogP contribution in [0.25, 0.3) is 0 Å². The minimum absolute atomic E-state index is 0.154. The monoisotopic (exact) mass is 461 g/mol. The van der Waals surface area contributed by atoms with Gasteiger partial charge in [0.2, 0.25) is 0 Å². The number of tetrazole rings is 1. The molecule has 3 aliphatic rings. The fraction of sp³-hybridized carbons (Fsp3) is 0.600. The van der Waals surface area contributed by atoms with Gasteiger partial charge < -0.3 is 4.57 Å². The van der Waals surface area contributed by atoms with E-state index in [4.69, 9.17) is 0 Å². The summed E-state index contributed by atoms with van der Waals surface area (Å²) in [7, 11) is 2.07. The summed E-state index contributed by atoms with van der Waals surface area (Å²) < 4.78 is 4.14. The zero-order valence-corrected chi connectivity index (χ0v) is 20.1. The first-order chi connectivity index (χ1) is 16.7. The Morgan fingerprint density at radius 2 is 1.82 bits per heavy atom. The summed E-state index contributed by atoms with van der Waals surface area (Å²) in [6.07, 6.45) is 9.25. The number of aryl methyl sites for hydroxylation is 1. The highest BCUT2D eigenvalue weighted by Crippen LogP contribution is 2.39. The van der Waals surface area contributed by atoms with Crippen molar-refractivity contribution in [2.75, 3.05) is 39.3 Å². The second kappa shape index (κ2) is 9.20. The fourth-order valence-electron chi connectivity index (χ4n) is 5.92. The van der Waals surface area contributed by atoms with Crippen LogP contribution in [0.5, 0.6) is 0 Å². The molecule has 3 aromatic rings. The molecule has 2 aromatic heterocycles. The first-order valence-electron chi connectivity index (χ1n) is 12.7.